The molecule has 0 aliphatic carbocycles. The number of aliphatic hydroxyl groups is 1. The number of nitrogens with one attached hydrogen (secondary N) is 1. The molecule has 6 nitrogen and oxygen atoms in total. The molecule has 18 heavy (non-hydrogen) atoms. The Kier molecular flexibility index (Phi) is 5.15. The van der Waals surface area contributed by atoms with Crippen LogP contribution in [0, 0.1) is 5.92 Å². The lowest BCUT2D eigenvalue weighted by Crippen LogP contribution is -2.39. The van der Waals surface area contributed by atoms with Gasteiger partial charge in [0.05, 0.1) is 11.2 Å². The molecule has 0 saturated carbocycles. The van der Waals surface area contributed by atoms with Crippen LogP contribution >= 0.6 is 11.6 Å². The van der Waals surface area contributed by atoms with E-state index in [-0.39, 0.29) is 28.6 Å². The van der Waals surface area contributed by atoms with Crippen LogP contribution in [-0.2, 0) is 17.1 Å². The zero-order valence-electron chi connectivity index (χ0n) is 10.6. The zero-order valence-corrected chi connectivity index (χ0v) is 12.2. The lowest BCUT2D eigenvalue weighted by atomic mass is 10.0. The maximum absolute atomic E-state index is 12.2. The summed E-state index contributed by atoms with van der Waals surface area (Å²) in [5, 5.41) is 12.8. The van der Waals surface area contributed by atoms with Gasteiger partial charge in [-0.3, -0.25) is 4.68 Å². The summed E-state index contributed by atoms with van der Waals surface area (Å²) < 4.78 is 28.1. The van der Waals surface area contributed by atoms with Crippen LogP contribution in [0.25, 0.3) is 0 Å². The third kappa shape index (κ3) is 3.44. The first kappa shape index (κ1) is 15.4. The van der Waals surface area contributed by atoms with Gasteiger partial charge in [0.1, 0.15) is 0 Å². The molecule has 8 heteroatoms. The fourth-order valence-electron chi connectivity index (χ4n) is 1.62. The second-order valence-corrected chi connectivity index (χ2v) is 6.44. The molecule has 0 amide bonds. The van der Waals surface area contributed by atoms with Gasteiger partial charge in [-0.15, -0.1) is 0 Å². The molecule has 0 radical (unpaired) electrons. The van der Waals surface area contributed by atoms with Gasteiger partial charge in [0.25, 0.3) is 10.0 Å². The van der Waals surface area contributed by atoms with Crippen molar-refractivity contribution in [2.24, 2.45) is 13.0 Å². The highest BCUT2D eigenvalue weighted by Gasteiger charge is 2.27. The minimum Gasteiger partial charge on any atom is -0.396 e. The number of aryl methyl sites for hydroxylation is 1. The number of nitrogens with zero attached hydrogens (tertiary/aromatic N) is 2. The summed E-state index contributed by atoms with van der Waals surface area (Å²) >= 11 is 5.82. The number of rotatable bonds is 6. The first-order chi connectivity index (χ1) is 8.29. The van der Waals surface area contributed by atoms with Crippen molar-refractivity contribution in [2.75, 3.05) is 6.61 Å². The Bertz CT molecular complexity index is 479. The molecule has 1 heterocycles. The fraction of sp³-hybridized carbons (Fsp3) is 0.700. The number of sulfonamides is 1. The van der Waals surface area contributed by atoms with Gasteiger partial charge in [0.2, 0.25) is 0 Å². The van der Waals surface area contributed by atoms with E-state index in [0.29, 0.717) is 6.42 Å². The van der Waals surface area contributed by atoms with E-state index in [1.807, 2.05) is 13.8 Å². The van der Waals surface area contributed by atoms with Crippen LogP contribution in [0.2, 0.25) is 5.02 Å². The zero-order chi connectivity index (χ0) is 13.9. The molecular formula is C10H18ClN3O3S. The van der Waals surface area contributed by atoms with E-state index in [9.17, 15) is 8.42 Å². The van der Waals surface area contributed by atoms with Crippen LogP contribution in [0.4, 0.5) is 0 Å². The van der Waals surface area contributed by atoms with Gasteiger partial charge in [0, 0.05) is 19.7 Å². The summed E-state index contributed by atoms with van der Waals surface area (Å²) in [7, 11) is -2.23. The number of hydrogen-bond acceptors (Lipinski definition) is 4. The van der Waals surface area contributed by atoms with Gasteiger partial charge in [-0.1, -0.05) is 25.4 Å². The standard InChI is InChI=1S/C10H18ClN3O3S/c1-7(2)9(4-5-15)13-18(16,17)10-8(11)6-12-14(10)3/h6-7,9,13,15H,4-5H2,1-3H3. The van der Waals surface area contributed by atoms with E-state index in [1.54, 1.807) is 0 Å². The van der Waals surface area contributed by atoms with E-state index >= 15 is 0 Å². The summed E-state index contributed by atoms with van der Waals surface area (Å²) in [4.78, 5) is 0. The quantitative estimate of drug-likeness (QED) is 0.811. The largest absolute Gasteiger partial charge is 0.396 e. The normalized spacial score (nSPS) is 14.1. The van der Waals surface area contributed by atoms with E-state index in [1.165, 1.54) is 17.9 Å². The summed E-state index contributed by atoms with van der Waals surface area (Å²) in [5.74, 6) is 0.0685. The number of aromatic nitrogens is 2. The number of hydrogen-bond donors (Lipinski definition) is 2. The van der Waals surface area contributed by atoms with Crippen LogP contribution in [0.5, 0.6) is 0 Å². The molecule has 0 bridgehead atoms. The molecule has 104 valence electrons. The summed E-state index contributed by atoms with van der Waals surface area (Å²) in [6.45, 7) is 3.69. The van der Waals surface area contributed by atoms with Gasteiger partial charge < -0.3 is 5.11 Å². The van der Waals surface area contributed by atoms with Gasteiger partial charge >= 0.3 is 0 Å². The molecule has 1 rings (SSSR count). The van der Waals surface area contributed by atoms with Crippen molar-refractivity contribution >= 4 is 21.6 Å². The van der Waals surface area contributed by atoms with Crippen molar-refractivity contribution in [3.05, 3.63) is 11.2 Å². The average molecular weight is 296 g/mol. The average Bonchev–Trinajstić information content (AvgIpc) is 2.58. The first-order valence-corrected chi connectivity index (χ1v) is 7.46. The van der Waals surface area contributed by atoms with E-state index in [4.69, 9.17) is 16.7 Å². The molecule has 1 aromatic rings. The molecule has 1 aromatic heterocycles. The topological polar surface area (TPSA) is 84.2 Å². The predicted octanol–water partition coefficient (Wildman–Crippen LogP) is 0.759. The Morgan fingerprint density at radius 3 is 2.56 bits per heavy atom. The molecule has 2 N–H and O–H groups in total. The summed E-state index contributed by atoms with van der Waals surface area (Å²) in [5.41, 5.74) is 0. The van der Waals surface area contributed by atoms with Gasteiger partial charge in [0.15, 0.2) is 5.03 Å². The molecule has 1 unspecified atom stereocenters. The predicted molar refractivity (Wildman–Crippen MR) is 68.9 cm³/mol. The fourth-order valence-corrected chi connectivity index (χ4v) is 3.70. The monoisotopic (exact) mass is 295 g/mol. The van der Waals surface area contributed by atoms with Gasteiger partial charge in [-0.05, 0) is 12.3 Å². The van der Waals surface area contributed by atoms with Crippen molar-refractivity contribution in [3.63, 3.8) is 0 Å². The molecule has 0 aliphatic heterocycles. The third-order valence-corrected chi connectivity index (χ3v) is 4.64. The van der Waals surface area contributed by atoms with E-state index < -0.39 is 10.0 Å². The summed E-state index contributed by atoms with van der Waals surface area (Å²) in [6.07, 6.45) is 1.64. The Balaban J connectivity index is 3.01. The van der Waals surface area contributed by atoms with Crippen LogP contribution in [0.1, 0.15) is 20.3 Å². The van der Waals surface area contributed by atoms with Crippen molar-refractivity contribution in [1.29, 1.82) is 0 Å². The Morgan fingerprint density at radius 2 is 2.17 bits per heavy atom. The van der Waals surface area contributed by atoms with Crippen LogP contribution in [0.15, 0.2) is 11.2 Å². The minimum atomic E-state index is -3.74. The van der Waals surface area contributed by atoms with Crippen molar-refractivity contribution in [2.45, 2.75) is 31.3 Å². The maximum atomic E-state index is 12.2. The lowest BCUT2D eigenvalue weighted by Gasteiger charge is -2.21. The Morgan fingerprint density at radius 1 is 1.56 bits per heavy atom. The smallest absolute Gasteiger partial charge is 0.259 e. The van der Waals surface area contributed by atoms with Gasteiger partial charge in [-0.2, -0.15) is 5.10 Å². The number of halogens is 1. The number of aliphatic hydroxyl groups excluding tert-OH is 1. The van der Waals surface area contributed by atoms with Crippen LogP contribution in [0.3, 0.4) is 0 Å². The SMILES string of the molecule is CC(C)C(CCO)NS(=O)(=O)c1c(Cl)cnn1C. The molecular weight excluding hydrogens is 278 g/mol. The van der Waals surface area contributed by atoms with Crippen LogP contribution < -0.4 is 4.72 Å². The van der Waals surface area contributed by atoms with Crippen molar-refractivity contribution < 1.29 is 13.5 Å². The minimum absolute atomic E-state index is 0.0623. The molecule has 1 atom stereocenters. The maximum Gasteiger partial charge on any atom is 0.259 e. The molecule has 0 fully saturated rings. The highest BCUT2D eigenvalue weighted by atomic mass is 35.5. The molecule has 0 aromatic carbocycles. The second-order valence-electron chi connectivity index (χ2n) is 4.41. The summed E-state index contributed by atoms with van der Waals surface area (Å²) in [6, 6.07) is -0.342. The van der Waals surface area contributed by atoms with Crippen LogP contribution in [-0.4, -0.2) is 36.0 Å². The van der Waals surface area contributed by atoms with Crippen molar-refractivity contribution in [1.82, 2.24) is 14.5 Å². The third-order valence-electron chi connectivity index (χ3n) is 2.65. The first-order valence-electron chi connectivity index (χ1n) is 5.60. The van der Waals surface area contributed by atoms with E-state index in [2.05, 4.69) is 9.82 Å². The molecule has 0 saturated heterocycles. The van der Waals surface area contributed by atoms with Crippen molar-refractivity contribution in [3.8, 4) is 0 Å². The lowest BCUT2D eigenvalue weighted by molar-refractivity contribution is 0.255. The van der Waals surface area contributed by atoms with Gasteiger partial charge in [-0.25, -0.2) is 13.1 Å². The highest BCUT2D eigenvalue weighted by molar-refractivity contribution is 7.89. The molecule has 0 spiro atoms. The van der Waals surface area contributed by atoms with E-state index in [0.717, 1.165) is 0 Å². The molecule has 0 aliphatic rings. The Labute approximate surface area is 112 Å². The Hall–Kier alpha value is -0.630. The second kappa shape index (κ2) is 6.01. The highest BCUT2D eigenvalue weighted by Crippen LogP contribution is 2.21.